The summed E-state index contributed by atoms with van der Waals surface area (Å²) in [6.07, 6.45) is 2.59. The monoisotopic (exact) mass is 249 g/mol. The van der Waals surface area contributed by atoms with E-state index in [1.165, 1.54) is 4.88 Å². The van der Waals surface area contributed by atoms with Crippen LogP contribution in [-0.4, -0.2) is 16.6 Å². The predicted molar refractivity (Wildman–Crippen MR) is 68.2 cm³/mol. The summed E-state index contributed by atoms with van der Waals surface area (Å²) in [6.45, 7) is 3.12. The Hall–Kier alpha value is -1.46. The Morgan fingerprint density at radius 1 is 1.35 bits per heavy atom. The Morgan fingerprint density at radius 2 is 2.24 bits per heavy atom. The smallest absolute Gasteiger partial charge is 0.137 e. The van der Waals surface area contributed by atoms with Gasteiger partial charge in [0.15, 0.2) is 0 Å². The van der Waals surface area contributed by atoms with E-state index in [0.29, 0.717) is 13.2 Å². The van der Waals surface area contributed by atoms with Crippen LogP contribution in [0.4, 0.5) is 0 Å². The van der Waals surface area contributed by atoms with Crippen LogP contribution in [0.15, 0.2) is 23.8 Å². The van der Waals surface area contributed by atoms with Gasteiger partial charge in [-0.1, -0.05) is 0 Å². The van der Waals surface area contributed by atoms with Gasteiger partial charge in [0.25, 0.3) is 0 Å². The molecule has 0 atom stereocenters. The Kier molecular flexibility index (Phi) is 4.06. The summed E-state index contributed by atoms with van der Waals surface area (Å²) in [5.74, 6) is 0.782. The summed E-state index contributed by atoms with van der Waals surface area (Å²) in [4.78, 5) is 9.65. The first-order valence-electron chi connectivity index (χ1n) is 5.46. The Balaban J connectivity index is 1.83. The summed E-state index contributed by atoms with van der Waals surface area (Å²) < 4.78 is 5.61. The van der Waals surface area contributed by atoms with Crippen molar-refractivity contribution in [3.63, 3.8) is 0 Å². The van der Waals surface area contributed by atoms with Gasteiger partial charge < -0.3 is 10.5 Å². The summed E-state index contributed by atoms with van der Waals surface area (Å²) in [5.41, 5.74) is 9.30. The lowest BCUT2D eigenvalue weighted by atomic mass is 10.3. The lowest BCUT2D eigenvalue weighted by molar-refractivity contribution is 0.321. The van der Waals surface area contributed by atoms with Crippen LogP contribution in [0.1, 0.15) is 16.3 Å². The maximum atomic E-state index is 5.61. The molecule has 4 nitrogen and oxygen atoms in total. The minimum atomic E-state index is 0.459. The van der Waals surface area contributed by atoms with Gasteiger partial charge in [-0.2, -0.15) is 0 Å². The zero-order valence-corrected chi connectivity index (χ0v) is 10.5. The molecular weight excluding hydrogens is 234 g/mol. The van der Waals surface area contributed by atoms with Gasteiger partial charge >= 0.3 is 0 Å². The first-order valence-corrected chi connectivity index (χ1v) is 6.34. The molecule has 17 heavy (non-hydrogen) atoms. The van der Waals surface area contributed by atoms with E-state index in [1.54, 1.807) is 17.5 Å². The molecule has 0 aliphatic rings. The van der Waals surface area contributed by atoms with Crippen molar-refractivity contribution in [2.24, 2.45) is 5.73 Å². The van der Waals surface area contributed by atoms with Crippen LogP contribution in [-0.2, 0) is 13.0 Å². The molecule has 0 aliphatic carbocycles. The molecule has 0 saturated heterocycles. The van der Waals surface area contributed by atoms with E-state index < -0.39 is 0 Å². The SMILES string of the molecule is Cc1ncsc1CCOc1ccc(CN)nc1. The molecule has 0 saturated carbocycles. The van der Waals surface area contributed by atoms with Crippen LogP contribution >= 0.6 is 11.3 Å². The number of ether oxygens (including phenoxy) is 1. The summed E-state index contributed by atoms with van der Waals surface area (Å²) in [5, 5.41) is 0. The number of nitrogens with zero attached hydrogens (tertiary/aromatic N) is 2. The van der Waals surface area contributed by atoms with Crippen LogP contribution < -0.4 is 10.5 Å². The summed E-state index contributed by atoms with van der Waals surface area (Å²) in [6, 6.07) is 3.78. The molecule has 2 N–H and O–H groups in total. The fourth-order valence-corrected chi connectivity index (χ4v) is 2.21. The average Bonchev–Trinajstić information content (AvgIpc) is 2.76. The Morgan fingerprint density at radius 3 is 2.82 bits per heavy atom. The van der Waals surface area contributed by atoms with Crippen molar-refractivity contribution in [3.8, 4) is 5.75 Å². The maximum Gasteiger partial charge on any atom is 0.137 e. The number of nitrogens with two attached hydrogens (primary N) is 1. The molecular formula is C12H15N3OS. The molecule has 2 heterocycles. The molecule has 90 valence electrons. The van der Waals surface area contributed by atoms with E-state index in [9.17, 15) is 0 Å². The number of hydrogen-bond acceptors (Lipinski definition) is 5. The van der Waals surface area contributed by atoms with Gasteiger partial charge in [0.1, 0.15) is 5.75 Å². The Labute approximate surface area is 104 Å². The van der Waals surface area contributed by atoms with Crippen LogP contribution in [0.3, 0.4) is 0 Å². The first kappa shape index (κ1) is 12.0. The van der Waals surface area contributed by atoms with Crippen LogP contribution in [0.5, 0.6) is 5.75 Å². The molecule has 2 rings (SSSR count). The molecule has 0 radical (unpaired) electrons. The largest absolute Gasteiger partial charge is 0.492 e. The second-order valence-electron chi connectivity index (χ2n) is 3.65. The lowest BCUT2D eigenvalue weighted by Crippen LogP contribution is -2.03. The number of rotatable bonds is 5. The summed E-state index contributed by atoms with van der Waals surface area (Å²) in [7, 11) is 0. The third-order valence-corrected chi connectivity index (χ3v) is 3.44. The fourth-order valence-electron chi connectivity index (χ4n) is 1.44. The van der Waals surface area contributed by atoms with E-state index in [2.05, 4.69) is 9.97 Å². The topological polar surface area (TPSA) is 61.0 Å². The highest BCUT2D eigenvalue weighted by Crippen LogP contribution is 2.14. The Bertz CT molecular complexity index is 467. The van der Waals surface area contributed by atoms with Gasteiger partial charge in [0, 0.05) is 17.8 Å². The zero-order valence-electron chi connectivity index (χ0n) is 9.72. The van der Waals surface area contributed by atoms with Crippen molar-refractivity contribution in [2.75, 3.05) is 6.61 Å². The number of aromatic nitrogens is 2. The van der Waals surface area contributed by atoms with Gasteiger partial charge in [-0.05, 0) is 19.1 Å². The van der Waals surface area contributed by atoms with Crippen LogP contribution in [0.25, 0.3) is 0 Å². The number of aryl methyl sites for hydroxylation is 1. The standard InChI is InChI=1S/C12H15N3OS/c1-9-12(17-8-15-9)4-5-16-11-3-2-10(6-13)14-7-11/h2-3,7-8H,4-6,13H2,1H3. The molecule has 2 aromatic heterocycles. The number of thiazole rings is 1. The third kappa shape index (κ3) is 3.25. The van der Waals surface area contributed by atoms with E-state index in [4.69, 9.17) is 10.5 Å². The van der Waals surface area contributed by atoms with Crippen LogP contribution in [0.2, 0.25) is 0 Å². The van der Waals surface area contributed by atoms with Crippen molar-refractivity contribution in [3.05, 3.63) is 40.1 Å². The van der Waals surface area contributed by atoms with Gasteiger partial charge in [-0.25, -0.2) is 4.98 Å². The van der Waals surface area contributed by atoms with Gasteiger partial charge in [-0.15, -0.1) is 11.3 Å². The van der Waals surface area contributed by atoms with E-state index in [-0.39, 0.29) is 0 Å². The van der Waals surface area contributed by atoms with E-state index in [1.807, 2.05) is 24.6 Å². The normalized spacial score (nSPS) is 10.5. The fraction of sp³-hybridized carbons (Fsp3) is 0.333. The second kappa shape index (κ2) is 5.75. The quantitative estimate of drug-likeness (QED) is 0.879. The molecule has 0 aromatic carbocycles. The number of hydrogen-bond donors (Lipinski definition) is 1. The zero-order chi connectivity index (χ0) is 12.1. The highest BCUT2D eigenvalue weighted by molar-refractivity contribution is 7.09. The van der Waals surface area contributed by atoms with Gasteiger partial charge in [-0.3, -0.25) is 4.98 Å². The molecule has 0 spiro atoms. The molecule has 0 amide bonds. The molecule has 0 unspecified atom stereocenters. The van der Waals surface area contributed by atoms with E-state index in [0.717, 1.165) is 23.6 Å². The van der Waals surface area contributed by atoms with Gasteiger partial charge in [0.05, 0.1) is 29.7 Å². The van der Waals surface area contributed by atoms with Crippen molar-refractivity contribution in [1.82, 2.24) is 9.97 Å². The van der Waals surface area contributed by atoms with Crippen molar-refractivity contribution in [2.45, 2.75) is 19.9 Å². The van der Waals surface area contributed by atoms with Gasteiger partial charge in [0.2, 0.25) is 0 Å². The summed E-state index contributed by atoms with van der Waals surface area (Å²) >= 11 is 1.67. The molecule has 0 fully saturated rings. The van der Waals surface area contributed by atoms with Crippen LogP contribution in [0, 0.1) is 6.92 Å². The van der Waals surface area contributed by atoms with Crippen molar-refractivity contribution < 1.29 is 4.74 Å². The van der Waals surface area contributed by atoms with E-state index >= 15 is 0 Å². The van der Waals surface area contributed by atoms with Crippen molar-refractivity contribution in [1.29, 1.82) is 0 Å². The first-order chi connectivity index (χ1) is 8.29. The molecule has 0 aliphatic heterocycles. The highest BCUT2D eigenvalue weighted by Gasteiger charge is 2.02. The molecule has 2 aromatic rings. The van der Waals surface area contributed by atoms with Crippen molar-refractivity contribution >= 4 is 11.3 Å². The highest BCUT2D eigenvalue weighted by atomic mass is 32.1. The maximum absolute atomic E-state index is 5.61. The molecule has 0 bridgehead atoms. The average molecular weight is 249 g/mol. The number of pyridine rings is 1. The minimum Gasteiger partial charge on any atom is -0.492 e. The second-order valence-corrected chi connectivity index (χ2v) is 4.59. The molecule has 5 heteroatoms. The lowest BCUT2D eigenvalue weighted by Gasteiger charge is -2.05. The third-order valence-electron chi connectivity index (χ3n) is 2.45. The minimum absolute atomic E-state index is 0.459. The predicted octanol–water partition coefficient (Wildman–Crippen LogP) is 1.93.